The first kappa shape index (κ1) is 18.5. The van der Waals surface area contributed by atoms with E-state index in [9.17, 15) is 9.59 Å². The van der Waals surface area contributed by atoms with Crippen molar-refractivity contribution in [3.05, 3.63) is 71.3 Å². The third kappa shape index (κ3) is 5.60. The van der Waals surface area contributed by atoms with Gasteiger partial charge in [-0.1, -0.05) is 36.4 Å². The highest BCUT2D eigenvalue weighted by Crippen LogP contribution is 2.28. The van der Waals surface area contributed by atoms with E-state index in [0.29, 0.717) is 6.54 Å². The molecule has 140 valence electrons. The molecular weight excluding hydrogens is 346 g/mol. The molecule has 1 atom stereocenters. The molecule has 0 aliphatic carbocycles. The summed E-state index contributed by atoms with van der Waals surface area (Å²) in [6.07, 6.45) is 3.63. The van der Waals surface area contributed by atoms with Gasteiger partial charge in [-0.3, -0.25) is 0 Å². The number of rotatable bonds is 6. The number of hydrogen-bond acceptors (Lipinski definition) is 4. The van der Waals surface area contributed by atoms with Crippen molar-refractivity contribution in [3.8, 4) is 5.75 Å². The van der Waals surface area contributed by atoms with E-state index in [4.69, 9.17) is 14.6 Å². The Morgan fingerprint density at radius 2 is 2.04 bits per heavy atom. The Balaban J connectivity index is 1.47. The van der Waals surface area contributed by atoms with Crippen molar-refractivity contribution in [2.24, 2.45) is 0 Å². The van der Waals surface area contributed by atoms with Gasteiger partial charge in [0, 0.05) is 6.08 Å². The average molecular weight is 367 g/mol. The lowest BCUT2D eigenvalue weighted by molar-refractivity contribution is -0.131. The zero-order valence-corrected chi connectivity index (χ0v) is 14.8. The molecule has 6 nitrogen and oxygen atoms in total. The number of alkyl carbamates (subject to hydrolysis) is 1. The van der Waals surface area contributed by atoms with Crippen molar-refractivity contribution in [3.63, 3.8) is 0 Å². The molecule has 2 aromatic rings. The van der Waals surface area contributed by atoms with Gasteiger partial charge in [0.2, 0.25) is 0 Å². The Morgan fingerprint density at radius 3 is 2.81 bits per heavy atom. The number of carboxylic acids is 1. The SMILES string of the molecule is O=C(O)C=Cc1ccc2c(c1)CC[C@H](CNC(=O)OCc1ccccc1)O2. The minimum absolute atomic E-state index is 0.123. The summed E-state index contributed by atoms with van der Waals surface area (Å²) in [5.41, 5.74) is 2.79. The highest BCUT2D eigenvalue weighted by Gasteiger charge is 2.20. The molecule has 6 heteroatoms. The number of fused-ring (bicyclic) bond motifs is 1. The fourth-order valence-electron chi connectivity index (χ4n) is 2.85. The number of ether oxygens (including phenoxy) is 2. The van der Waals surface area contributed by atoms with Gasteiger partial charge in [-0.05, 0) is 47.7 Å². The van der Waals surface area contributed by atoms with Crippen molar-refractivity contribution in [1.82, 2.24) is 5.32 Å². The summed E-state index contributed by atoms with van der Waals surface area (Å²) in [4.78, 5) is 22.4. The van der Waals surface area contributed by atoms with E-state index >= 15 is 0 Å². The van der Waals surface area contributed by atoms with E-state index in [0.717, 1.165) is 41.4 Å². The first-order chi connectivity index (χ1) is 13.1. The van der Waals surface area contributed by atoms with Gasteiger partial charge in [0.05, 0.1) is 6.54 Å². The van der Waals surface area contributed by atoms with E-state index in [1.54, 1.807) is 6.08 Å². The number of aliphatic carboxylic acids is 1. The highest BCUT2D eigenvalue weighted by molar-refractivity contribution is 5.85. The van der Waals surface area contributed by atoms with Gasteiger partial charge in [-0.2, -0.15) is 0 Å². The number of hydrogen-bond donors (Lipinski definition) is 2. The predicted octanol–water partition coefficient (Wildman–Crippen LogP) is 3.40. The van der Waals surface area contributed by atoms with Gasteiger partial charge in [-0.15, -0.1) is 0 Å². The van der Waals surface area contributed by atoms with Crippen LogP contribution in [0, 0.1) is 0 Å². The van der Waals surface area contributed by atoms with Gasteiger partial charge in [-0.25, -0.2) is 9.59 Å². The molecule has 0 unspecified atom stereocenters. The van der Waals surface area contributed by atoms with Crippen LogP contribution in [0.2, 0.25) is 0 Å². The van der Waals surface area contributed by atoms with Crippen LogP contribution in [0.3, 0.4) is 0 Å². The summed E-state index contributed by atoms with van der Waals surface area (Å²) in [6, 6.07) is 15.1. The standard InChI is InChI=1S/C21H21NO5/c23-20(24)11-7-15-6-10-19-17(12-15)8-9-18(27-19)13-22-21(25)26-14-16-4-2-1-3-5-16/h1-7,10-12,18H,8-9,13-14H2,(H,22,25)(H,23,24)/t18-/m1/s1. The smallest absolute Gasteiger partial charge is 0.407 e. The fraction of sp³-hybridized carbons (Fsp3) is 0.238. The van der Waals surface area contributed by atoms with Crippen LogP contribution < -0.4 is 10.1 Å². The zero-order valence-electron chi connectivity index (χ0n) is 14.8. The number of nitrogens with one attached hydrogen (secondary N) is 1. The molecule has 0 saturated heterocycles. The summed E-state index contributed by atoms with van der Waals surface area (Å²) < 4.78 is 11.1. The third-order valence-electron chi connectivity index (χ3n) is 4.22. The third-order valence-corrected chi connectivity index (χ3v) is 4.22. The maximum atomic E-state index is 11.8. The number of carbonyl (C=O) groups excluding carboxylic acids is 1. The first-order valence-corrected chi connectivity index (χ1v) is 8.75. The molecular formula is C21H21NO5. The van der Waals surface area contributed by atoms with Crippen LogP contribution in [0.4, 0.5) is 4.79 Å². The monoisotopic (exact) mass is 367 g/mol. The second-order valence-electron chi connectivity index (χ2n) is 6.26. The van der Waals surface area contributed by atoms with E-state index in [2.05, 4.69) is 5.32 Å². The molecule has 0 aromatic heterocycles. The molecule has 1 heterocycles. The molecule has 1 amide bonds. The minimum Gasteiger partial charge on any atom is -0.488 e. The lowest BCUT2D eigenvalue weighted by atomic mass is 9.99. The normalized spacial score (nSPS) is 15.6. The van der Waals surface area contributed by atoms with Crippen LogP contribution in [0.25, 0.3) is 6.08 Å². The molecule has 1 aliphatic rings. The Bertz CT molecular complexity index is 832. The Hall–Kier alpha value is -3.28. The van der Waals surface area contributed by atoms with Crippen LogP contribution in [0.1, 0.15) is 23.1 Å². The largest absolute Gasteiger partial charge is 0.488 e. The lowest BCUT2D eigenvalue weighted by Gasteiger charge is -2.26. The van der Waals surface area contributed by atoms with Crippen LogP contribution in [0.5, 0.6) is 5.75 Å². The minimum atomic E-state index is -0.978. The fourth-order valence-corrected chi connectivity index (χ4v) is 2.85. The van der Waals surface area contributed by atoms with Crippen LogP contribution in [-0.4, -0.2) is 29.8 Å². The van der Waals surface area contributed by atoms with Crippen LogP contribution >= 0.6 is 0 Å². The first-order valence-electron chi connectivity index (χ1n) is 8.75. The van der Waals surface area contributed by atoms with E-state index in [-0.39, 0.29) is 12.7 Å². The quantitative estimate of drug-likeness (QED) is 0.765. The maximum absolute atomic E-state index is 11.8. The highest BCUT2D eigenvalue weighted by atomic mass is 16.5. The van der Waals surface area contributed by atoms with E-state index in [1.807, 2.05) is 48.5 Å². The number of benzene rings is 2. The second kappa shape index (κ2) is 8.89. The van der Waals surface area contributed by atoms with Crippen molar-refractivity contribution in [2.75, 3.05) is 6.54 Å². The molecule has 2 N–H and O–H groups in total. The van der Waals surface area contributed by atoms with Crippen molar-refractivity contribution in [1.29, 1.82) is 0 Å². The summed E-state index contributed by atoms with van der Waals surface area (Å²) >= 11 is 0. The number of carboxylic acid groups (broad SMARTS) is 1. The molecule has 0 fully saturated rings. The average Bonchev–Trinajstić information content (AvgIpc) is 2.69. The van der Waals surface area contributed by atoms with Crippen molar-refractivity contribution < 1.29 is 24.2 Å². The topological polar surface area (TPSA) is 84.9 Å². The Kier molecular flexibility index (Phi) is 6.10. The van der Waals surface area contributed by atoms with Crippen LogP contribution in [-0.2, 0) is 22.6 Å². The number of carbonyl (C=O) groups is 2. The molecule has 2 aromatic carbocycles. The molecule has 1 aliphatic heterocycles. The van der Waals surface area contributed by atoms with E-state index < -0.39 is 12.1 Å². The molecule has 0 saturated carbocycles. The summed E-state index contributed by atoms with van der Waals surface area (Å²) in [7, 11) is 0. The van der Waals surface area contributed by atoms with Crippen molar-refractivity contribution in [2.45, 2.75) is 25.6 Å². The predicted molar refractivity (Wildman–Crippen MR) is 100 cm³/mol. The van der Waals surface area contributed by atoms with Gasteiger partial charge < -0.3 is 19.9 Å². The summed E-state index contributed by atoms with van der Waals surface area (Å²) in [6.45, 7) is 0.599. The molecule has 0 spiro atoms. The van der Waals surface area contributed by atoms with Gasteiger partial charge in [0.1, 0.15) is 18.5 Å². The molecule has 0 radical (unpaired) electrons. The lowest BCUT2D eigenvalue weighted by Crippen LogP contribution is -2.37. The Labute approximate surface area is 157 Å². The van der Waals surface area contributed by atoms with Crippen molar-refractivity contribution >= 4 is 18.1 Å². The Morgan fingerprint density at radius 1 is 1.22 bits per heavy atom. The second-order valence-corrected chi connectivity index (χ2v) is 6.26. The number of aryl methyl sites for hydroxylation is 1. The van der Waals surface area contributed by atoms with Gasteiger partial charge in [0.25, 0.3) is 0 Å². The van der Waals surface area contributed by atoms with Gasteiger partial charge >= 0.3 is 12.1 Å². The zero-order chi connectivity index (χ0) is 19.1. The van der Waals surface area contributed by atoms with Gasteiger partial charge in [0.15, 0.2) is 0 Å². The van der Waals surface area contributed by atoms with Crippen LogP contribution in [0.15, 0.2) is 54.6 Å². The molecule has 3 rings (SSSR count). The molecule has 27 heavy (non-hydrogen) atoms. The summed E-state index contributed by atoms with van der Waals surface area (Å²) in [5, 5.41) is 11.4. The number of amides is 1. The summed E-state index contributed by atoms with van der Waals surface area (Å²) in [5.74, 6) is -0.215. The van der Waals surface area contributed by atoms with E-state index in [1.165, 1.54) is 0 Å². The maximum Gasteiger partial charge on any atom is 0.407 e. The molecule has 0 bridgehead atoms.